The number of nitrogens with two attached hydrogens (primary N) is 1. The quantitative estimate of drug-likeness (QED) is 0.681. The van der Waals surface area contributed by atoms with Crippen LogP contribution < -0.4 is 5.73 Å². The monoisotopic (exact) mass is 203 g/mol. The lowest BCUT2D eigenvalue weighted by Gasteiger charge is -1.94. The van der Waals surface area contributed by atoms with Gasteiger partial charge in [0, 0.05) is 0 Å². The topological polar surface area (TPSA) is 60.9 Å². The van der Waals surface area contributed by atoms with Gasteiger partial charge in [0.25, 0.3) is 0 Å². The second-order valence-corrected chi connectivity index (χ2v) is 2.68. The molecule has 2 N–H and O–H groups in total. The van der Waals surface area contributed by atoms with Crippen molar-refractivity contribution in [1.82, 2.24) is 9.78 Å². The van der Waals surface area contributed by atoms with E-state index in [0.717, 1.165) is 9.15 Å². The highest BCUT2D eigenvalue weighted by atomic mass is 79.9. The number of halogens is 1. The van der Waals surface area contributed by atoms with Gasteiger partial charge in [0.15, 0.2) is 0 Å². The van der Waals surface area contributed by atoms with E-state index in [1.165, 1.54) is 6.20 Å². The lowest BCUT2D eigenvalue weighted by atomic mass is 10.5. The van der Waals surface area contributed by atoms with Gasteiger partial charge in [-0.1, -0.05) is 0 Å². The van der Waals surface area contributed by atoms with E-state index >= 15 is 0 Å². The van der Waals surface area contributed by atoms with Gasteiger partial charge in [-0.25, -0.2) is 4.79 Å². The van der Waals surface area contributed by atoms with E-state index in [4.69, 9.17) is 5.73 Å². The first-order chi connectivity index (χ1) is 4.63. The number of amides is 1. The van der Waals surface area contributed by atoms with Gasteiger partial charge in [-0.15, -0.1) is 0 Å². The van der Waals surface area contributed by atoms with Crippen LogP contribution in [0.4, 0.5) is 4.79 Å². The number of carbonyl (C=O) groups is 1. The van der Waals surface area contributed by atoms with Crippen LogP contribution in [0.2, 0.25) is 0 Å². The third-order valence-corrected chi connectivity index (χ3v) is 1.94. The third kappa shape index (κ3) is 1.04. The fraction of sp³-hybridized carbons (Fsp3) is 0.200. The standard InChI is InChI=1S/C5H6BrN3O/c1-3-4(6)2-8-9(3)5(7)10/h2H,1H3,(H2,7,10). The summed E-state index contributed by atoms with van der Waals surface area (Å²) in [6.45, 7) is 1.75. The molecule has 0 aromatic carbocycles. The number of nitrogens with zero attached hydrogens (tertiary/aromatic N) is 2. The van der Waals surface area contributed by atoms with Crippen LogP contribution in [0.3, 0.4) is 0 Å². The molecule has 0 unspecified atom stereocenters. The van der Waals surface area contributed by atoms with E-state index in [0.29, 0.717) is 5.69 Å². The molecule has 0 radical (unpaired) electrons. The van der Waals surface area contributed by atoms with Crippen LogP contribution >= 0.6 is 15.9 Å². The fourth-order valence-corrected chi connectivity index (χ4v) is 0.871. The molecule has 1 amide bonds. The highest BCUT2D eigenvalue weighted by Gasteiger charge is 2.06. The normalized spacial score (nSPS) is 9.80. The van der Waals surface area contributed by atoms with Crippen LogP contribution in [0.25, 0.3) is 0 Å². The summed E-state index contributed by atoms with van der Waals surface area (Å²) < 4.78 is 1.91. The molecule has 0 aliphatic rings. The largest absolute Gasteiger partial charge is 0.350 e. The molecular weight excluding hydrogens is 198 g/mol. The molecule has 1 aromatic rings. The van der Waals surface area contributed by atoms with E-state index in [1.807, 2.05) is 0 Å². The fourth-order valence-electron chi connectivity index (χ4n) is 0.612. The molecule has 0 saturated carbocycles. The molecule has 1 rings (SSSR count). The Hall–Kier alpha value is -0.840. The zero-order valence-electron chi connectivity index (χ0n) is 5.34. The third-order valence-electron chi connectivity index (χ3n) is 1.16. The zero-order chi connectivity index (χ0) is 7.72. The van der Waals surface area contributed by atoms with E-state index in [2.05, 4.69) is 21.0 Å². The molecule has 5 heteroatoms. The van der Waals surface area contributed by atoms with Crippen molar-refractivity contribution in [2.75, 3.05) is 0 Å². The molecule has 1 aromatic heterocycles. The number of primary amides is 1. The Morgan fingerprint density at radius 3 is 2.70 bits per heavy atom. The Balaban J connectivity index is 3.17. The predicted octanol–water partition coefficient (Wildman–Crippen LogP) is 0.881. The summed E-state index contributed by atoms with van der Waals surface area (Å²) in [4.78, 5) is 10.5. The number of hydrogen-bond acceptors (Lipinski definition) is 2. The van der Waals surface area contributed by atoms with Gasteiger partial charge in [0.05, 0.1) is 16.4 Å². The predicted molar refractivity (Wildman–Crippen MR) is 39.6 cm³/mol. The Morgan fingerprint density at radius 2 is 2.50 bits per heavy atom. The smallest absolute Gasteiger partial charge is 0.339 e. The Morgan fingerprint density at radius 1 is 1.90 bits per heavy atom. The highest BCUT2D eigenvalue weighted by molar-refractivity contribution is 9.10. The summed E-state index contributed by atoms with van der Waals surface area (Å²) in [5.74, 6) is 0. The van der Waals surface area contributed by atoms with Crippen molar-refractivity contribution in [1.29, 1.82) is 0 Å². The van der Waals surface area contributed by atoms with Gasteiger partial charge in [0.1, 0.15) is 0 Å². The van der Waals surface area contributed by atoms with Crippen LogP contribution in [-0.4, -0.2) is 15.8 Å². The van der Waals surface area contributed by atoms with E-state index in [1.54, 1.807) is 6.92 Å². The van der Waals surface area contributed by atoms with E-state index < -0.39 is 6.03 Å². The average Bonchev–Trinajstić information content (AvgIpc) is 2.14. The van der Waals surface area contributed by atoms with Gasteiger partial charge in [0.2, 0.25) is 0 Å². The zero-order valence-corrected chi connectivity index (χ0v) is 6.92. The highest BCUT2D eigenvalue weighted by Crippen LogP contribution is 2.13. The van der Waals surface area contributed by atoms with Crippen LogP contribution in [0, 0.1) is 6.92 Å². The second kappa shape index (κ2) is 2.42. The molecule has 0 atom stereocenters. The SMILES string of the molecule is Cc1c(Br)cnn1C(N)=O. The molecule has 0 aliphatic carbocycles. The van der Waals surface area contributed by atoms with E-state index in [9.17, 15) is 4.79 Å². The summed E-state index contributed by atoms with van der Waals surface area (Å²) >= 11 is 3.19. The van der Waals surface area contributed by atoms with Crippen molar-refractivity contribution in [2.45, 2.75) is 6.92 Å². The summed E-state index contributed by atoms with van der Waals surface area (Å²) in [7, 11) is 0. The first-order valence-electron chi connectivity index (χ1n) is 2.63. The summed E-state index contributed by atoms with van der Waals surface area (Å²) in [6, 6.07) is -0.566. The van der Waals surface area contributed by atoms with Gasteiger partial charge in [-0.2, -0.15) is 9.78 Å². The molecule has 0 saturated heterocycles. The minimum absolute atomic E-state index is 0.566. The maximum Gasteiger partial charge on any atom is 0.339 e. The lowest BCUT2D eigenvalue weighted by molar-refractivity contribution is 0.247. The maximum absolute atomic E-state index is 10.5. The minimum Gasteiger partial charge on any atom is -0.350 e. The van der Waals surface area contributed by atoms with Crippen molar-refractivity contribution < 1.29 is 4.79 Å². The number of carbonyl (C=O) groups excluding carboxylic acids is 1. The van der Waals surface area contributed by atoms with Crippen LogP contribution in [0.1, 0.15) is 5.69 Å². The average molecular weight is 204 g/mol. The molecule has 0 fully saturated rings. The lowest BCUT2D eigenvalue weighted by Crippen LogP contribution is -2.21. The van der Waals surface area contributed by atoms with Crippen molar-refractivity contribution in [3.8, 4) is 0 Å². The van der Waals surface area contributed by atoms with Crippen molar-refractivity contribution in [3.63, 3.8) is 0 Å². The minimum atomic E-state index is -0.566. The van der Waals surface area contributed by atoms with Crippen molar-refractivity contribution in [3.05, 3.63) is 16.4 Å². The molecule has 0 spiro atoms. The summed E-state index contributed by atoms with van der Waals surface area (Å²) in [5.41, 5.74) is 5.68. The molecule has 0 bridgehead atoms. The van der Waals surface area contributed by atoms with Crippen LogP contribution in [0.5, 0.6) is 0 Å². The first kappa shape index (κ1) is 7.27. The summed E-state index contributed by atoms with van der Waals surface area (Å²) in [6.07, 6.45) is 1.53. The van der Waals surface area contributed by atoms with E-state index in [-0.39, 0.29) is 0 Å². The number of rotatable bonds is 0. The van der Waals surface area contributed by atoms with Crippen molar-refractivity contribution >= 4 is 22.0 Å². The Labute approximate surface area is 66.1 Å². The molecule has 10 heavy (non-hydrogen) atoms. The number of hydrogen-bond donors (Lipinski definition) is 1. The Kier molecular flexibility index (Phi) is 1.76. The van der Waals surface area contributed by atoms with Crippen molar-refractivity contribution in [2.24, 2.45) is 5.73 Å². The molecule has 54 valence electrons. The number of aromatic nitrogens is 2. The van der Waals surface area contributed by atoms with Gasteiger partial charge in [-0.05, 0) is 22.9 Å². The molecule has 4 nitrogen and oxygen atoms in total. The van der Waals surface area contributed by atoms with Gasteiger partial charge < -0.3 is 5.73 Å². The molecule has 1 heterocycles. The Bertz CT molecular complexity index is 268. The maximum atomic E-state index is 10.5. The summed E-state index contributed by atoms with van der Waals surface area (Å²) in [5, 5.41) is 3.71. The molecule has 0 aliphatic heterocycles. The first-order valence-corrected chi connectivity index (χ1v) is 3.42. The second-order valence-electron chi connectivity index (χ2n) is 1.83. The van der Waals surface area contributed by atoms with Crippen LogP contribution in [0.15, 0.2) is 10.7 Å². The van der Waals surface area contributed by atoms with Gasteiger partial charge in [-0.3, -0.25) is 0 Å². The van der Waals surface area contributed by atoms with Crippen LogP contribution in [-0.2, 0) is 0 Å². The molecular formula is C5H6BrN3O. The van der Waals surface area contributed by atoms with Gasteiger partial charge >= 0.3 is 6.03 Å².